The topological polar surface area (TPSA) is 44.4 Å². The minimum absolute atomic E-state index is 0.0593. The first-order valence-corrected chi connectivity index (χ1v) is 4.89. The van der Waals surface area contributed by atoms with Gasteiger partial charge in [-0.25, -0.2) is 4.79 Å². The van der Waals surface area contributed by atoms with E-state index >= 15 is 0 Å². The van der Waals surface area contributed by atoms with E-state index in [-0.39, 0.29) is 12.1 Å². The minimum atomic E-state index is 0.0593. The van der Waals surface area contributed by atoms with Crippen molar-refractivity contribution in [2.24, 2.45) is 0 Å². The second kappa shape index (κ2) is 4.46. The van der Waals surface area contributed by atoms with Crippen LogP contribution in [0.2, 0.25) is 0 Å². The molecule has 1 rings (SSSR count). The molecule has 1 unspecified atom stereocenters. The Bertz CT molecular complexity index is 182. The Labute approximate surface area is 79.7 Å². The maximum atomic E-state index is 11.6. The van der Waals surface area contributed by atoms with Crippen molar-refractivity contribution in [3.63, 3.8) is 0 Å². The molecule has 13 heavy (non-hydrogen) atoms. The number of amides is 2. The van der Waals surface area contributed by atoms with Crippen LogP contribution in [0.15, 0.2) is 0 Å². The summed E-state index contributed by atoms with van der Waals surface area (Å²) in [5.41, 5.74) is 0. The van der Waals surface area contributed by atoms with Gasteiger partial charge in [-0.15, -0.1) is 0 Å². The summed E-state index contributed by atoms with van der Waals surface area (Å²) in [7, 11) is 0. The summed E-state index contributed by atoms with van der Waals surface area (Å²) in [6.07, 6.45) is 0. The maximum Gasteiger partial charge on any atom is 0.317 e. The van der Waals surface area contributed by atoms with Crippen LogP contribution in [0.5, 0.6) is 0 Å². The van der Waals surface area contributed by atoms with Gasteiger partial charge in [-0.2, -0.15) is 0 Å². The highest BCUT2D eigenvalue weighted by Gasteiger charge is 2.22. The highest BCUT2D eigenvalue weighted by molar-refractivity contribution is 5.74. The van der Waals surface area contributed by atoms with Crippen LogP contribution < -0.4 is 10.6 Å². The van der Waals surface area contributed by atoms with E-state index in [1.165, 1.54) is 0 Å². The number of piperazine rings is 1. The summed E-state index contributed by atoms with van der Waals surface area (Å²) in [5.74, 6) is 0. The number of rotatable bonds is 1. The van der Waals surface area contributed by atoms with Crippen LogP contribution >= 0.6 is 0 Å². The highest BCUT2D eigenvalue weighted by atomic mass is 16.2. The number of urea groups is 1. The Kier molecular flexibility index (Phi) is 3.54. The molecule has 1 atom stereocenters. The average molecular weight is 185 g/mol. The van der Waals surface area contributed by atoms with Crippen molar-refractivity contribution in [2.75, 3.05) is 19.6 Å². The first-order chi connectivity index (χ1) is 6.11. The van der Waals surface area contributed by atoms with E-state index in [2.05, 4.69) is 17.6 Å². The van der Waals surface area contributed by atoms with Gasteiger partial charge in [0.1, 0.15) is 0 Å². The third kappa shape index (κ3) is 2.88. The first kappa shape index (κ1) is 10.3. The van der Waals surface area contributed by atoms with E-state index in [1.807, 2.05) is 18.7 Å². The normalized spacial score (nSPS) is 23.4. The summed E-state index contributed by atoms with van der Waals surface area (Å²) in [6.45, 7) is 8.61. The number of hydrogen-bond acceptors (Lipinski definition) is 2. The molecule has 76 valence electrons. The summed E-state index contributed by atoms with van der Waals surface area (Å²) in [6, 6.07) is 0.575. The monoisotopic (exact) mass is 185 g/mol. The minimum Gasteiger partial charge on any atom is -0.336 e. The number of carbonyl (C=O) groups is 1. The quantitative estimate of drug-likeness (QED) is 0.621. The third-order valence-corrected chi connectivity index (χ3v) is 2.17. The Hall–Kier alpha value is -0.770. The van der Waals surface area contributed by atoms with Crippen molar-refractivity contribution in [2.45, 2.75) is 32.9 Å². The SMILES string of the molecule is CC(C)NC(=O)N1CCNCC1C. The lowest BCUT2D eigenvalue weighted by molar-refractivity contribution is 0.162. The van der Waals surface area contributed by atoms with Gasteiger partial charge in [-0.3, -0.25) is 0 Å². The van der Waals surface area contributed by atoms with Crippen LogP contribution in [-0.4, -0.2) is 42.6 Å². The van der Waals surface area contributed by atoms with E-state index in [9.17, 15) is 4.79 Å². The molecule has 4 nitrogen and oxygen atoms in total. The molecule has 0 aromatic carbocycles. The van der Waals surface area contributed by atoms with Gasteiger partial charge in [0, 0.05) is 31.7 Å². The molecule has 1 heterocycles. The number of nitrogens with zero attached hydrogens (tertiary/aromatic N) is 1. The molecule has 1 saturated heterocycles. The smallest absolute Gasteiger partial charge is 0.317 e. The molecule has 1 fully saturated rings. The maximum absolute atomic E-state index is 11.6. The zero-order chi connectivity index (χ0) is 9.84. The summed E-state index contributed by atoms with van der Waals surface area (Å²) in [4.78, 5) is 13.5. The van der Waals surface area contributed by atoms with Crippen LogP contribution in [0.25, 0.3) is 0 Å². The Balaban J connectivity index is 2.44. The Morgan fingerprint density at radius 3 is 2.85 bits per heavy atom. The fourth-order valence-corrected chi connectivity index (χ4v) is 1.47. The van der Waals surface area contributed by atoms with Crippen molar-refractivity contribution in [3.8, 4) is 0 Å². The zero-order valence-electron chi connectivity index (χ0n) is 8.63. The highest BCUT2D eigenvalue weighted by Crippen LogP contribution is 2.02. The fraction of sp³-hybridized carbons (Fsp3) is 0.889. The second-order valence-corrected chi connectivity index (χ2v) is 3.85. The first-order valence-electron chi connectivity index (χ1n) is 4.89. The fourth-order valence-electron chi connectivity index (χ4n) is 1.47. The Morgan fingerprint density at radius 1 is 1.62 bits per heavy atom. The summed E-state index contributed by atoms with van der Waals surface area (Å²) < 4.78 is 0. The van der Waals surface area contributed by atoms with E-state index in [1.54, 1.807) is 0 Å². The lowest BCUT2D eigenvalue weighted by atomic mass is 10.2. The van der Waals surface area contributed by atoms with E-state index in [0.717, 1.165) is 19.6 Å². The van der Waals surface area contributed by atoms with Gasteiger partial charge in [0.15, 0.2) is 0 Å². The molecule has 1 aliphatic heterocycles. The van der Waals surface area contributed by atoms with Gasteiger partial charge in [-0.05, 0) is 20.8 Å². The molecule has 0 saturated carbocycles. The largest absolute Gasteiger partial charge is 0.336 e. The van der Waals surface area contributed by atoms with Gasteiger partial charge in [0.25, 0.3) is 0 Å². The van der Waals surface area contributed by atoms with Crippen LogP contribution in [-0.2, 0) is 0 Å². The van der Waals surface area contributed by atoms with Gasteiger partial charge >= 0.3 is 6.03 Å². The standard InChI is InChI=1S/C9H19N3O/c1-7(2)11-9(13)12-5-4-10-6-8(12)3/h7-8,10H,4-6H2,1-3H3,(H,11,13). The van der Waals surface area contributed by atoms with Crippen LogP contribution in [0, 0.1) is 0 Å². The molecule has 4 heteroatoms. The van der Waals surface area contributed by atoms with Crippen molar-refractivity contribution in [1.82, 2.24) is 15.5 Å². The predicted octanol–water partition coefficient (Wildman–Crippen LogP) is 0.398. The molecule has 0 spiro atoms. The summed E-state index contributed by atoms with van der Waals surface area (Å²) in [5, 5.41) is 6.15. The van der Waals surface area contributed by atoms with Crippen molar-refractivity contribution in [3.05, 3.63) is 0 Å². The molecular formula is C9H19N3O. The van der Waals surface area contributed by atoms with Crippen molar-refractivity contribution < 1.29 is 4.79 Å². The number of carbonyl (C=O) groups excluding carboxylic acids is 1. The van der Waals surface area contributed by atoms with Gasteiger partial charge < -0.3 is 15.5 Å². The number of hydrogen-bond donors (Lipinski definition) is 2. The number of nitrogens with one attached hydrogen (secondary N) is 2. The van der Waals surface area contributed by atoms with Crippen LogP contribution in [0.4, 0.5) is 4.79 Å². The van der Waals surface area contributed by atoms with E-state index in [0.29, 0.717) is 6.04 Å². The average Bonchev–Trinajstić information content (AvgIpc) is 2.03. The lowest BCUT2D eigenvalue weighted by Gasteiger charge is -2.34. The second-order valence-electron chi connectivity index (χ2n) is 3.85. The Morgan fingerprint density at radius 2 is 2.31 bits per heavy atom. The third-order valence-electron chi connectivity index (χ3n) is 2.17. The van der Waals surface area contributed by atoms with E-state index in [4.69, 9.17) is 0 Å². The molecule has 1 aliphatic rings. The lowest BCUT2D eigenvalue weighted by Crippen LogP contribution is -2.56. The zero-order valence-corrected chi connectivity index (χ0v) is 8.63. The molecule has 2 amide bonds. The van der Waals surface area contributed by atoms with Crippen molar-refractivity contribution in [1.29, 1.82) is 0 Å². The molecule has 0 aromatic rings. The van der Waals surface area contributed by atoms with Gasteiger partial charge in [0.05, 0.1) is 0 Å². The molecule has 0 radical (unpaired) electrons. The van der Waals surface area contributed by atoms with Gasteiger partial charge in [-0.1, -0.05) is 0 Å². The molecule has 0 aliphatic carbocycles. The van der Waals surface area contributed by atoms with Crippen LogP contribution in [0.1, 0.15) is 20.8 Å². The van der Waals surface area contributed by atoms with Crippen LogP contribution in [0.3, 0.4) is 0 Å². The van der Waals surface area contributed by atoms with Gasteiger partial charge in [0.2, 0.25) is 0 Å². The van der Waals surface area contributed by atoms with E-state index < -0.39 is 0 Å². The molecule has 0 bridgehead atoms. The molecule has 2 N–H and O–H groups in total. The van der Waals surface area contributed by atoms with Crippen molar-refractivity contribution >= 4 is 6.03 Å². The predicted molar refractivity (Wildman–Crippen MR) is 52.7 cm³/mol. The molecular weight excluding hydrogens is 166 g/mol. The summed E-state index contributed by atoms with van der Waals surface area (Å²) >= 11 is 0. The molecule has 0 aromatic heterocycles.